The standard InChI is InChI=1S/C14H18O4/c1-9(2)11-8-13-12(17-4-3-5-18-13)6-10(11)7-14(15)16/h6,8-9H,3-5,7H2,1-2H3,(H,15,16). The van der Waals surface area contributed by atoms with Gasteiger partial charge < -0.3 is 14.6 Å². The van der Waals surface area contributed by atoms with Gasteiger partial charge in [0, 0.05) is 6.42 Å². The van der Waals surface area contributed by atoms with E-state index in [2.05, 4.69) is 0 Å². The van der Waals surface area contributed by atoms with Crippen LogP contribution in [-0.4, -0.2) is 24.3 Å². The molecule has 98 valence electrons. The summed E-state index contributed by atoms with van der Waals surface area (Å²) in [7, 11) is 0. The van der Waals surface area contributed by atoms with Gasteiger partial charge in [-0.1, -0.05) is 13.8 Å². The van der Waals surface area contributed by atoms with Crippen LogP contribution in [0.5, 0.6) is 11.5 Å². The van der Waals surface area contributed by atoms with E-state index in [1.54, 1.807) is 0 Å². The highest BCUT2D eigenvalue weighted by Crippen LogP contribution is 2.35. The smallest absolute Gasteiger partial charge is 0.307 e. The fourth-order valence-electron chi connectivity index (χ4n) is 2.12. The summed E-state index contributed by atoms with van der Waals surface area (Å²) in [4.78, 5) is 10.9. The Morgan fingerprint density at radius 1 is 1.28 bits per heavy atom. The van der Waals surface area contributed by atoms with E-state index in [1.807, 2.05) is 26.0 Å². The highest BCUT2D eigenvalue weighted by molar-refractivity contribution is 5.71. The minimum Gasteiger partial charge on any atom is -0.490 e. The molecule has 0 aliphatic carbocycles. The third-order valence-electron chi connectivity index (χ3n) is 2.97. The Kier molecular flexibility index (Phi) is 3.75. The molecule has 0 amide bonds. The zero-order valence-electron chi connectivity index (χ0n) is 10.7. The minimum atomic E-state index is -0.827. The molecule has 1 aliphatic rings. The predicted octanol–water partition coefficient (Wildman–Crippen LogP) is 2.60. The van der Waals surface area contributed by atoms with Crippen LogP contribution in [0.3, 0.4) is 0 Å². The van der Waals surface area contributed by atoms with Crippen molar-refractivity contribution >= 4 is 5.97 Å². The molecular formula is C14H18O4. The second-order valence-corrected chi connectivity index (χ2v) is 4.77. The molecule has 1 N–H and O–H groups in total. The third-order valence-corrected chi connectivity index (χ3v) is 2.97. The van der Waals surface area contributed by atoms with E-state index in [0.29, 0.717) is 19.0 Å². The van der Waals surface area contributed by atoms with Crippen LogP contribution < -0.4 is 9.47 Å². The van der Waals surface area contributed by atoms with Crippen molar-refractivity contribution in [2.75, 3.05) is 13.2 Å². The van der Waals surface area contributed by atoms with Crippen LogP contribution >= 0.6 is 0 Å². The van der Waals surface area contributed by atoms with Gasteiger partial charge >= 0.3 is 5.97 Å². The lowest BCUT2D eigenvalue weighted by atomic mass is 9.94. The molecule has 0 radical (unpaired) electrons. The van der Waals surface area contributed by atoms with Crippen molar-refractivity contribution in [3.63, 3.8) is 0 Å². The Morgan fingerprint density at radius 2 is 1.89 bits per heavy atom. The fraction of sp³-hybridized carbons (Fsp3) is 0.500. The van der Waals surface area contributed by atoms with Crippen molar-refractivity contribution in [3.8, 4) is 11.5 Å². The van der Waals surface area contributed by atoms with Gasteiger partial charge in [0.25, 0.3) is 0 Å². The first-order valence-corrected chi connectivity index (χ1v) is 6.22. The molecule has 0 unspecified atom stereocenters. The molecule has 0 atom stereocenters. The maximum atomic E-state index is 10.9. The molecule has 0 spiro atoms. The van der Waals surface area contributed by atoms with Crippen LogP contribution in [0.25, 0.3) is 0 Å². The third kappa shape index (κ3) is 2.75. The lowest BCUT2D eigenvalue weighted by Gasteiger charge is -2.16. The average Bonchev–Trinajstić information content (AvgIpc) is 2.51. The van der Waals surface area contributed by atoms with E-state index in [4.69, 9.17) is 14.6 Å². The first-order valence-electron chi connectivity index (χ1n) is 6.22. The van der Waals surface area contributed by atoms with E-state index >= 15 is 0 Å². The molecule has 0 aromatic heterocycles. The van der Waals surface area contributed by atoms with Crippen molar-refractivity contribution < 1.29 is 19.4 Å². The van der Waals surface area contributed by atoms with E-state index in [0.717, 1.165) is 23.3 Å². The van der Waals surface area contributed by atoms with Crippen LogP contribution in [0.4, 0.5) is 0 Å². The second-order valence-electron chi connectivity index (χ2n) is 4.77. The van der Waals surface area contributed by atoms with Crippen molar-refractivity contribution in [2.45, 2.75) is 32.6 Å². The molecule has 0 saturated carbocycles. The zero-order valence-corrected chi connectivity index (χ0v) is 10.7. The molecule has 2 rings (SSSR count). The lowest BCUT2D eigenvalue weighted by Crippen LogP contribution is -2.06. The van der Waals surface area contributed by atoms with Gasteiger partial charge in [-0.15, -0.1) is 0 Å². The highest BCUT2D eigenvalue weighted by atomic mass is 16.5. The quantitative estimate of drug-likeness (QED) is 0.895. The van der Waals surface area contributed by atoms with Gasteiger partial charge in [0.1, 0.15) is 0 Å². The molecule has 18 heavy (non-hydrogen) atoms. The molecule has 1 aromatic rings. The minimum absolute atomic E-state index is 0.0180. The van der Waals surface area contributed by atoms with Gasteiger partial charge in [0.05, 0.1) is 19.6 Å². The van der Waals surface area contributed by atoms with E-state index in [-0.39, 0.29) is 12.3 Å². The number of fused-ring (bicyclic) bond motifs is 1. The highest BCUT2D eigenvalue weighted by Gasteiger charge is 2.17. The monoisotopic (exact) mass is 250 g/mol. The molecule has 1 heterocycles. The number of carboxylic acid groups (broad SMARTS) is 1. The van der Waals surface area contributed by atoms with Crippen molar-refractivity contribution in [1.82, 2.24) is 0 Å². The molecule has 4 nitrogen and oxygen atoms in total. The van der Waals surface area contributed by atoms with Crippen LogP contribution in [-0.2, 0) is 11.2 Å². The van der Waals surface area contributed by atoms with Crippen LogP contribution in [0.1, 0.15) is 37.3 Å². The summed E-state index contributed by atoms with van der Waals surface area (Å²) in [5.74, 6) is 0.821. The number of aliphatic carboxylic acids is 1. The Labute approximate surface area is 107 Å². The number of rotatable bonds is 3. The molecule has 1 aromatic carbocycles. The van der Waals surface area contributed by atoms with Crippen molar-refractivity contribution in [3.05, 3.63) is 23.3 Å². The summed E-state index contributed by atoms with van der Waals surface area (Å²) in [6.07, 6.45) is 0.865. The van der Waals surface area contributed by atoms with E-state index in [9.17, 15) is 4.79 Å². The number of carboxylic acids is 1. The first kappa shape index (κ1) is 12.7. The molecule has 1 aliphatic heterocycles. The Balaban J connectivity index is 2.43. The summed E-state index contributed by atoms with van der Waals surface area (Å²) in [6.45, 7) is 5.35. The lowest BCUT2D eigenvalue weighted by molar-refractivity contribution is -0.136. The van der Waals surface area contributed by atoms with E-state index < -0.39 is 5.97 Å². The first-order chi connectivity index (χ1) is 8.58. The number of ether oxygens (including phenoxy) is 2. The van der Waals surface area contributed by atoms with Crippen molar-refractivity contribution in [2.24, 2.45) is 0 Å². The van der Waals surface area contributed by atoms with Gasteiger partial charge in [0.2, 0.25) is 0 Å². The topological polar surface area (TPSA) is 55.8 Å². The molecule has 0 saturated heterocycles. The maximum absolute atomic E-state index is 10.9. The number of hydrogen-bond donors (Lipinski definition) is 1. The van der Waals surface area contributed by atoms with Crippen LogP contribution in [0.2, 0.25) is 0 Å². The SMILES string of the molecule is CC(C)c1cc2c(cc1CC(=O)O)OCCCO2. The molecule has 0 bridgehead atoms. The Bertz CT molecular complexity index is 451. The largest absolute Gasteiger partial charge is 0.490 e. The number of carbonyl (C=O) groups is 1. The molecule has 0 fully saturated rings. The zero-order chi connectivity index (χ0) is 13.1. The maximum Gasteiger partial charge on any atom is 0.307 e. The second kappa shape index (κ2) is 5.29. The summed E-state index contributed by atoms with van der Waals surface area (Å²) in [5, 5.41) is 8.96. The predicted molar refractivity (Wildman–Crippen MR) is 67.5 cm³/mol. The fourth-order valence-corrected chi connectivity index (χ4v) is 2.12. The van der Waals surface area contributed by atoms with Crippen LogP contribution in [0.15, 0.2) is 12.1 Å². The van der Waals surface area contributed by atoms with Gasteiger partial charge in [-0.3, -0.25) is 4.79 Å². The summed E-state index contributed by atoms with van der Waals surface area (Å²) >= 11 is 0. The van der Waals surface area contributed by atoms with Gasteiger partial charge in [-0.05, 0) is 29.2 Å². The number of benzene rings is 1. The van der Waals surface area contributed by atoms with Gasteiger partial charge in [0.15, 0.2) is 11.5 Å². The summed E-state index contributed by atoms with van der Waals surface area (Å²) in [6, 6.07) is 3.73. The van der Waals surface area contributed by atoms with Crippen molar-refractivity contribution in [1.29, 1.82) is 0 Å². The normalized spacial score (nSPS) is 14.4. The molecular weight excluding hydrogens is 232 g/mol. The van der Waals surface area contributed by atoms with Gasteiger partial charge in [-0.2, -0.15) is 0 Å². The number of hydrogen-bond acceptors (Lipinski definition) is 3. The van der Waals surface area contributed by atoms with Gasteiger partial charge in [-0.25, -0.2) is 0 Å². The average molecular weight is 250 g/mol. The Hall–Kier alpha value is -1.71. The van der Waals surface area contributed by atoms with E-state index in [1.165, 1.54) is 0 Å². The van der Waals surface area contributed by atoms with Crippen LogP contribution in [0, 0.1) is 0 Å². The summed E-state index contributed by atoms with van der Waals surface area (Å²) in [5.41, 5.74) is 1.82. The Morgan fingerprint density at radius 3 is 2.44 bits per heavy atom. The summed E-state index contributed by atoms with van der Waals surface area (Å²) < 4.78 is 11.2. The molecule has 4 heteroatoms.